The monoisotopic (exact) mass is 372 g/mol. The van der Waals surface area contributed by atoms with Crippen LogP contribution in [0.3, 0.4) is 0 Å². The molecule has 0 aliphatic carbocycles. The van der Waals surface area contributed by atoms with E-state index in [2.05, 4.69) is 0 Å². The third-order valence-corrected chi connectivity index (χ3v) is 4.18. The number of aliphatic hydroxyl groups excluding tert-OH is 1. The first-order chi connectivity index (χ1) is 13.0. The van der Waals surface area contributed by atoms with Crippen molar-refractivity contribution in [1.29, 1.82) is 0 Å². The molecule has 0 bridgehead atoms. The van der Waals surface area contributed by atoms with E-state index in [0.29, 0.717) is 23.5 Å². The topological polar surface area (TPSA) is 95.2 Å². The maximum Gasteiger partial charge on any atom is 0.336 e. The molecule has 1 aromatic heterocycles. The number of rotatable bonds is 7. The summed E-state index contributed by atoms with van der Waals surface area (Å²) in [6, 6.07) is 6.54. The molecule has 0 fully saturated rings. The summed E-state index contributed by atoms with van der Waals surface area (Å²) in [5.41, 5.74) is 1.12. The van der Waals surface area contributed by atoms with Gasteiger partial charge in [0.15, 0.2) is 11.3 Å². The van der Waals surface area contributed by atoms with Crippen molar-refractivity contribution >= 4 is 16.9 Å². The Morgan fingerprint density at radius 3 is 2.74 bits per heavy atom. The van der Waals surface area contributed by atoms with Crippen molar-refractivity contribution in [3.63, 3.8) is 0 Å². The molecule has 0 spiro atoms. The molecule has 2 heterocycles. The second kappa shape index (κ2) is 8.09. The van der Waals surface area contributed by atoms with Crippen molar-refractivity contribution < 1.29 is 28.5 Å². The number of ether oxygens (including phenoxy) is 3. The van der Waals surface area contributed by atoms with Gasteiger partial charge in [-0.2, -0.15) is 0 Å². The summed E-state index contributed by atoms with van der Waals surface area (Å²) in [5.74, 6) is 0.337. The highest BCUT2D eigenvalue weighted by Crippen LogP contribution is 2.34. The third-order valence-electron chi connectivity index (χ3n) is 4.18. The predicted molar refractivity (Wildman–Crippen MR) is 98.0 cm³/mol. The maximum atomic E-state index is 11.5. The molecule has 1 N–H and O–H groups in total. The van der Waals surface area contributed by atoms with Gasteiger partial charge in [0, 0.05) is 17.9 Å². The largest absolute Gasteiger partial charge is 0.490 e. The fourth-order valence-electron chi connectivity index (χ4n) is 2.83. The molecule has 7 heteroatoms. The standard InChI is InChI=1S/C20H20O7/c1-12(9-15-10-14(11-21)20(23)26-15)7-8-25-16-5-3-13-4-6-17(22)27-18(13)19(16)24-2/h3-7,10,15,21H,8-9,11H2,1-2H3/b12-7+/t15-/m0/s1. The van der Waals surface area contributed by atoms with Gasteiger partial charge in [0.2, 0.25) is 5.75 Å². The fourth-order valence-corrected chi connectivity index (χ4v) is 2.83. The number of carbonyl (C=O) groups excluding carboxylic acids is 1. The average Bonchev–Trinajstić information content (AvgIpc) is 3.00. The van der Waals surface area contributed by atoms with Gasteiger partial charge in [0.25, 0.3) is 0 Å². The van der Waals surface area contributed by atoms with Crippen LogP contribution in [0.4, 0.5) is 0 Å². The molecule has 1 atom stereocenters. The van der Waals surface area contributed by atoms with E-state index in [1.807, 2.05) is 13.0 Å². The molecule has 0 unspecified atom stereocenters. The first kappa shape index (κ1) is 18.7. The van der Waals surface area contributed by atoms with Crippen LogP contribution in [-0.2, 0) is 9.53 Å². The number of benzene rings is 1. The zero-order chi connectivity index (χ0) is 19.4. The molecule has 0 radical (unpaired) electrons. The molecule has 1 aliphatic rings. The van der Waals surface area contributed by atoms with Gasteiger partial charge in [-0.25, -0.2) is 9.59 Å². The lowest BCUT2D eigenvalue weighted by Gasteiger charge is -2.12. The van der Waals surface area contributed by atoms with Crippen LogP contribution in [0.5, 0.6) is 11.5 Å². The molecule has 3 rings (SSSR count). The Balaban J connectivity index is 1.68. The lowest BCUT2D eigenvalue weighted by molar-refractivity contribution is -0.139. The minimum Gasteiger partial charge on any atom is -0.490 e. The Morgan fingerprint density at radius 2 is 2.04 bits per heavy atom. The summed E-state index contributed by atoms with van der Waals surface area (Å²) in [5, 5.41) is 9.79. The van der Waals surface area contributed by atoms with Gasteiger partial charge in [0.1, 0.15) is 12.7 Å². The van der Waals surface area contributed by atoms with Gasteiger partial charge >= 0.3 is 11.6 Å². The highest BCUT2D eigenvalue weighted by molar-refractivity contribution is 5.91. The first-order valence-corrected chi connectivity index (χ1v) is 8.43. The quantitative estimate of drug-likeness (QED) is 0.453. The molecule has 0 saturated heterocycles. The number of hydrogen-bond acceptors (Lipinski definition) is 7. The van der Waals surface area contributed by atoms with Crippen LogP contribution < -0.4 is 15.1 Å². The molecule has 1 aromatic carbocycles. The zero-order valence-corrected chi connectivity index (χ0v) is 15.1. The molecule has 27 heavy (non-hydrogen) atoms. The number of esters is 1. The Labute approximate surface area is 155 Å². The summed E-state index contributed by atoms with van der Waals surface area (Å²) in [4.78, 5) is 22.9. The van der Waals surface area contributed by atoms with Gasteiger partial charge in [-0.1, -0.05) is 5.57 Å². The van der Waals surface area contributed by atoms with E-state index in [0.717, 1.165) is 11.0 Å². The summed E-state index contributed by atoms with van der Waals surface area (Å²) < 4.78 is 21.5. The lowest BCUT2D eigenvalue weighted by atomic mass is 10.1. The van der Waals surface area contributed by atoms with Gasteiger partial charge in [-0.3, -0.25) is 0 Å². The first-order valence-electron chi connectivity index (χ1n) is 8.43. The second-order valence-electron chi connectivity index (χ2n) is 6.13. The van der Waals surface area contributed by atoms with Crippen LogP contribution in [0.25, 0.3) is 11.0 Å². The van der Waals surface area contributed by atoms with Crippen LogP contribution >= 0.6 is 0 Å². The fraction of sp³-hybridized carbons (Fsp3) is 0.300. The lowest BCUT2D eigenvalue weighted by Crippen LogP contribution is -2.09. The van der Waals surface area contributed by atoms with Crippen LogP contribution in [-0.4, -0.2) is 37.5 Å². The van der Waals surface area contributed by atoms with Crippen molar-refractivity contribution in [2.75, 3.05) is 20.3 Å². The second-order valence-corrected chi connectivity index (χ2v) is 6.13. The van der Waals surface area contributed by atoms with E-state index in [4.69, 9.17) is 23.7 Å². The Kier molecular flexibility index (Phi) is 5.61. The number of hydrogen-bond donors (Lipinski definition) is 1. The number of methoxy groups -OCH3 is 1. The minimum atomic E-state index is -0.478. The van der Waals surface area contributed by atoms with Crippen molar-refractivity contribution in [3.8, 4) is 11.5 Å². The molecule has 142 valence electrons. The summed E-state index contributed by atoms with van der Waals surface area (Å²) in [6.07, 6.45) is 3.64. The smallest absolute Gasteiger partial charge is 0.336 e. The van der Waals surface area contributed by atoms with Crippen LogP contribution in [0, 0.1) is 0 Å². The Bertz CT molecular complexity index is 968. The number of carbonyl (C=O) groups is 1. The van der Waals surface area contributed by atoms with Crippen LogP contribution in [0.15, 0.2) is 56.8 Å². The highest BCUT2D eigenvalue weighted by Gasteiger charge is 2.24. The Morgan fingerprint density at radius 1 is 1.26 bits per heavy atom. The molecule has 0 amide bonds. The van der Waals surface area contributed by atoms with E-state index in [-0.39, 0.29) is 24.9 Å². The predicted octanol–water partition coefficient (Wildman–Crippen LogP) is 2.36. The molecular formula is C20H20O7. The summed E-state index contributed by atoms with van der Waals surface area (Å²) in [7, 11) is 1.48. The van der Waals surface area contributed by atoms with E-state index < -0.39 is 11.6 Å². The van der Waals surface area contributed by atoms with Crippen molar-refractivity contribution in [1.82, 2.24) is 0 Å². The SMILES string of the molecule is COc1c(OC/C=C(\C)C[C@H]2C=C(CO)C(=O)O2)ccc2ccc(=O)oc12. The van der Waals surface area contributed by atoms with Crippen LogP contribution in [0.2, 0.25) is 0 Å². The maximum absolute atomic E-state index is 11.5. The molecule has 1 aliphatic heterocycles. The van der Waals surface area contributed by atoms with Crippen molar-refractivity contribution in [2.24, 2.45) is 0 Å². The normalized spacial score (nSPS) is 17.0. The highest BCUT2D eigenvalue weighted by atomic mass is 16.5. The number of cyclic esters (lactones) is 1. The number of aliphatic hydroxyl groups is 1. The van der Waals surface area contributed by atoms with Crippen LogP contribution in [0.1, 0.15) is 13.3 Å². The van der Waals surface area contributed by atoms with Crippen molar-refractivity contribution in [3.05, 3.63) is 58.0 Å². The van der Waals surface area contributed by atoms with Gasteiger partial charge in [-0.15, -0.1) is 0 Å². The van der Waals surface area contributed by atoms with E-state index in [1.165, 1.54) is 13.2 Å². The molecule has 2 aromatic rings. The van der Waals surface area contributed by atoms with Crippen molar-refractivity contribution in [2.45, 2.75) is 19.4 Å². The summed E-state index contributed by atoms with van der Waals surface area (Å²) in [6.45, 7) is 1.85. The third kappa shape index (κ3) is 4.20. The minimum absolute atomic E-state index is 0.266. The Hall–Kier alpha value is -3.06. The molecule has 7 nitrogen and oxygen atoms in total. The van der Waals surface area contributed by atoms with E-state index in [1.54, 1.807) is 24.3 Å². The van der Waals surface area contributed by atoms with E-state index in [9.17, 15) is 9.59 Å². The number of fused-ring (bicyclic) bond motifs is 1. The van der Waals surface area contributed by atoms with Gasteiger partial charge < -0.3 is 23.7 Å². The molecule has 0 saturated carbocycles. The summed E-state index contributed by atoms with van der Waals surface area (Å²) >= 11 is 0. The van der Waals surface area contributed by atoms with Gasteiger partial charge in [-0.05, 0) is 37.3 Å². The van der Waals surface area contributed by atoms with Gasteiger partial charge in [0.05, 0.1) is 19.3 Å². The zero-order valence-electron chi connectivity index (χ0n) is 15.1. The average molecular weight is 372 g/mol. The van der Waals surface area contributed by atoms with E-state index >= 15 is 0 Å². The molecular weight excluding hydrogens is 352 g/mol.